The van der Waals surface area contributed by atoms with E-state index in [-0.39, 0.29) is 44.2 Å². The van der Waals surface area contributed by atoms with Gasteiger partial charge in [-0.05, 0) is 18.6 Å². The fourth-order valence-electron chi connectivity index (χ4n) is 1.60. The minimum atomic E-state index is -0.748. The third-order valence-electron chi connectivity index (χ3n) is 2.39. The maximum absolute atomic E-state index is 11.3. The van der Waals surface area contributed by atoms with Crippen LogP contribution in [-0.4, -0.2) is 57.8 Å². The van der Waals surface area contributed by atoms with Crippen molar-refractivity contribution in [2.75, 3.05) is 0 Å². The van der Waals surface area contributed by atoms with Gasteiger partial charge in [0.25, 0.3) is 0 Å². The van der Waals surface area contributed by atoms with Crippen LogP contribution in [0.25, 0.3) is 11.0 Å². The molecule has 1 aromatic carbocycles. The number of hydrogen-bond acceptors (Lipinski definition) is 5. The van der Waals surface area contributed by atoms with E-state index >= 15 is 0 Å². The summed E-state index contributed by atoms with van der Waals surface area (Å²) in [6.07, 6.45) is -0.0858. The van der Waals surface area contributed by atoms with Crippen molar-refractivity contribution in [3.05, 3.63) is 30.1 Å². The Balaban J connectivity index is 0.00000162. The van der Waals surface area contributed by atoms with Gasteiger partial charge in [0.15, 0.2) is 0 Å². The van der Waals surface area contributed by atoms with Crippen molar-refractivity contribution in [3.63, 3.8) is 0 Å². The number of para-hydroxylation sites is 2. The van der Waals surface area contributed by atoms with Gasteiger partial charge in [0.2, 0.25) is 0 Å². The topological polar surface area (TPSA) is 74.8 Å². The molecule has 0 spiro atoms. The van der Waals surface area contributed by atoms with Gasteiger partial charge in [-0.15, -0.1) is 24.4 Å². The van der Waals surface area contributed by atoms with Crippen molar-refractivity contribution in [1.82, 2.24) is 9.97 Å². The first kappa shape index (κ1) is 15.8. The van der Waals surface area contributed by atoms with E-state index in [0.29, 0.717) is 5.82 Å². The summed E-state index contributed by atoms with van der Waals surface area (Å²) in [4.78, 5) is 7.23. The summed E-state index contributed by atoms with van der Waals surface area (Å²) < 4.78 is 0. The zero-order chi connectivity index (χ0) is 12.4. The standard InChI is InChI=1S/C11H10N2O2S2.Ca/c14-9(16)5-6(11(15)17)10-12-7-3-1-2-4-8(7)13-10;/h1-4,6H,5H2,(H,12,13)(H,14,16)(H,15,17);/q;+2/p-2. The van der Waals surface area contributed by atoms with Gasteiger partial charge in [0.1, 0.15) is 5.82 Å². The molecule has 0 radical (unpaired) electrons. The number of fused-ring (bicyclic) bond motifs is 1. The molecule has 0 aliphatic rings. The number of aromatic nitrogens is 2. The van der Waals surface area contributed by atoms with Crippen LogP contribution in [0.3, 0.4) is 0 Å². The number of thiocarbonyl (C=S) groups is 2. The van der Waals surface area contributed by atoms with E-state index in [9.17, 15) is 10.2 Å². The monoisotopic (exact) mass is 304 g/mol. The molecule has 88 valence electrons. The molecular formula is C11H8CaN2O2S2. The van der Waals surface area contributed by atoms with Crippen LogP contribution >= 0.6 is 24.4 Å². The average Bonchev–Trinajstić information content (AvgIpc) is 2.68. The second-order valence-electron chi connectivity index (χ2n) is 3.59. The third-order valence-corrected chi connectivity index (χ3v) is 2.84. The molecule has 18 heavy (non-hydrogen) atoms. The first-order valence-electron chi connectivity index (χ1n) is 4.93. The minimum Gasteiger partial charge on any atom is -0.867 e. The Labute approximate surface area is 144 Å². The molecule has 1 unspecified atom stereocenters. The number of imidazole rings is 1. The zero-order valence-corrected chi connectivity index (χ0v) is 13.2. The summed E-state index contributed by atoms with van der Waals surface area (Å²) in [6, 6.07) is 7.35. The van der Waals surface area contributed by atoms with Crippen molar-refractivity contribution in [1.29, 1.82) is 0 Å². The molecule has 0 aliphatic heterocycles. The van der Waals surface area contributed by atoms with Crippen LogP contribution in [0.2, 0.25) is 0 Å². The quantitative estimate of drug-likeness (QED) is 0.637. The Hall–Kier alpha value is -0.270. The predicted molar refractivity (Wildman–Crippen MR) is 74.4 cm³/mol. The molecule has 4 nitrogen and oxygen atoms in total. The van der Waals surface area contributed by atoms with Crippen LogP contribution < -0.4 is 10.2 Å². The second-order valence-corrected chi connectivity index (χ2v) is 4.44. The Morgan fingerprint density at radius 1 is 1.28 bits per heavy atom. The third kappa shape index (κ3) is 3.61. The summed E-state index contributed by atoms with van der Waals surface area (Å²) >= 11 is 9.08. The second kappa shape index (κ2) is 6.77. The Kier molecular flexibility index (Phi) is 5.94. The van der Waals surface area contributed by atoms with Gasteiger partial charge in [0.05, 0.1) is 11.0 Å². The van der Waals surface area contributed by atoms with Crippen molar-refractivity contribution in [3.8, 4) is 0 Å². The van der Waals surface area contributed by atoms with Crippen molar-refractivity contribution < 1.29 is 10.2 Å². The summed E-state index contributed by atoms with van der Waals surface area (Å²) in [6.45, 7) is 0. The molecule has 1 atom stereocenters. The maximum atomic E-state index is 11.3. The molecular weight excluding hydrogens is 296 g/mol. The number of rotatable bonds is 4. The van der Waals surface area contributed by atoms with Crippen LogP contribution in [0.5, 0.6) is 0 Å². The van der Waals surface area contributed by atoms with Gasteiger partial charge in [-0.25, -0.2) is 4.98 Å². The number of nitrogens with zero attached hydrogens (tertiary/aromatic N) is 1. The van der Waals surface area contributed by atoms with Crippen molar-refractivity contribution in [2.24, 2.45) is 0 Å². The minimum absolute atomic E-state index is 0. The van der Waals surface area contributed by atoms with E-state index in [4.69, 9.17) is 0 Å². The SMILES string of the molecule is [Ca+2].[O-]C(=S)CC(C([O-])=S)c1nc2ccccc2[nH]1. The molecule has 0 fully saturated rings. The summed E-state index contributed by atoms with van der Waals surface area (Å²) in [5, 5.41) is 21.2. The normalized spacial score (nSPS) is 11.8. The number of H-pyrrole nitrogens is 1. The molecule has 2 aromatic rings. The summed E-state index contributed by atoms with van der Waals surface area (Å²) in [5.74, 6) is -0.341. The fourth-order valence-corrected chi connectivity index (χ4v) is 1.96. The van der Waals surface area contributed by atoms with Gasteiger partial charge in [-0.1, -0.05) is 22.2 Å². The van der Waals surface area contributed by atoms with E-state index in [2.05, 4.69) is 34.4 Å². The molecule has 0 amide bonds. The molecule has 7 heteroatoms. The Bertz CT molecular complexity index is 552. The van der Waals surface area contributed by atoms with Gasteiger partial charge in [-0.2, -0.15) is 0 Å². The smallest absolute Gasteiger partial charge is 0.867 e. The van der Waals surface area contributed by atoms with E-state index in [1.54, 1.807) is 0 Å². The maximum Gasteiger partial charge on any atom is 2.00 e. The molecule has 1 aromatic heterocycles. The molecule has 0 saturated heterocycles. The molecule has 1 N–H and O–H groups in total. The first-order chi connectivity index (χ1) is 8.08. The average molecular weight is 304 g/mol. The molecule has 0 saturated carbocycles. The van der Waals surface area contributed by atoms with Gasteiger partial charge in [0, 0.05) is 5.92 Å². The first-order valence-corrected chi connectivity index (χ1v) is 5.75. The summed E-state index contributed by atoms with van der Waals surface area (Å²) in [5.41, 5.74) is 1.54. The van der Waals surface area contributed by atoms with Crippen LogP contribution in [-0.2, 0) is 0 Å². The van der Waals surface area contributed by atoms with Gasteiger partial charge < -0.3 is 15.2 Å². The Morgan fingerprint density at radius 3 is 2.50 bits per heavy atom. The van der Waals surface area contributed by atoms with E-state index < -0.39 is 16.0 Å². The van der Waals surface area contributed by atoms with Crippen molar-refractivity contribution in [2.45, 2.75) is 12.3 Å². The van der Waals surface area contributed by atoms with E-state index in [1.165, 1.54) is 0 Å². The molecule has 0 aliphatic carbocycles. The van der Waals surface area contributed by atoms with Gasteiger partial charge >= 0.3 is 37.7 Å². The van der Waals surface area contributed by atoms with Crippen LogP contribution in [0, 0.1) is 0 Å². The van der Waals surface area contributed by atoms with Crippen LogP contribution in [0.1, 0.15) is 18.2 Å². The van der Waals surface area contributed by atoms with Crippen LogP contribution in [0.15, 0.2) is 24.3 Å². The fraction of sp³-hybridized carbons (Fsp3) is 0.182. The van der Waals surface area contributed by atoms with Crippen LogP contribution in [0.4, 0.5) is 0 Å². The number of aromatic amines is 1. The van der Waals surface area contributed by atoms with E-state index in [1.807, 2.05) is 24.3 Å². The largest absolute Gasteiger partial charge is 2.00 e. The summed E-state index contributed by atoms with van der Waals surface area (Å²) in [7, 11) is 0. The molecule has 1 heterocycles. The van der Waals surface area contributed by atoms with E-state index in [0.717, 1.165) is 11.0 Å². The number of benzene rings is 1. The number of hydrogen-bond donors (Lipinski definition) is 1. The molecule has 2 rings (SSSR count). The molecule has 0 bridgehead atoms. The number of nitrogens with one attached hydrogen (secondary N) is 1. The van der Waals surface area contributed by atoms with Gasteiger partial charge in [-0.3, -0.25) is 0 Å². The van der Waals surface area contributed by atoms with Crippen molar-refractivity contribution >= 4 is 83.3 Å². The zero-order valence-electron chi connectivity index (χ0n) is 9.38. The Morgan fingerprint density at radius 2 is 1.94 bits per heavy atom. The predicted octanol–water partition coefficient (Wildman–Crippen LogP) is 0.0312.